The third-order valence-electron chi connectivity index (χ3n) is 2.75. The van der Waals surface area contributed by atoms with Gasteiger partial charge in [-0.2, -0.15) is 11.3 Å². The fraction of sp³-hybridized carbons (Fsp3) is 0.385. The maximum absolute atomic E-state index is 5.57. The van der Waals surface area contributed by atoms with E-state index in [1.54, 1.807) is 11.3 Å². The van der Waals surface area contributed by atoms with E-state index in [-0.39, 0.29) is 0 Å². The first-order valence-electron chi connectivity index (χ1n) is 5.67. The number of furan rings is 1. The zero-order chi connectivity index (χ0) is 12.3. The van der Waals surface area contributed by atoms with Gasteiger partial charge in [0.1, 0.15) is 11.5 Å². The normalized spacial score (nSPS) is 11.3. The molecule has 2 heterocycles. The van der Waals surface area contributed by atoms with Crippen molar-refractivity contribution in [1.29, 1.82) is 0 Å². The third kappa shape index (κ3) is 3.19. The standard InChI is InChI=1S/C13H18N2OS/c1-10-12(5-13(6-14)16-10)8-15(2)7-11-3-4-17-9-11/h3-5,9H,6-8,14H2,1-2H3. The molecule has 2 N–H and O–H groups in total. The van der Waals surface area contributed by atoms with Gasteiger partial charge < -0.3 is 10.2 Å². The van der Waals surface area contributed by atoms with Crippen molar-refractivity contribution in [3.63, 3.8) is 0 Å². The van der Waals surface area contributed by atoms with Crippen molar-refractivity contribution < 1.29 is 4.42 Å². The number of thiophene rings is 1. The van der Waals surface area contributed by atoms with Crippen molar-refractivity contribution >= 4 is 11.3 Å². The Morgan fingerprint density at radius 2 is 2.24 bits per heavy atom. The maximum atomic E-state index is 5.57. The van der Waals surface area contributed by atoms with E-state index in [2.05, 4.69) is 34.8 Å². The van der Waals surface area contributed by atoms with E-state index in [4.69, 9.17) is 10.2 Å². The molecule has 17 heavy (non-hydrogen) atoms. The first-order valence-corrected chi connectivity index (χ1v) is 6.61. The molecule has 2 aromatic rings. The van der Waals surface area contributed by atoms with Gasteiger partial charge in [0.05, 0.1) is 6.54 Å². The van der Waals surface area contributed by atoms with E-state index in [1.165, 1.54) is 11.1 Å². The molecule has 0 aliphatic rings. The number of hydrogen-bond acceptors (Lipinski definition) is 4. The van der Waals surface area contributed by atoms with Crippen molar-refractivity contribution in [3.05, 3.63) is 45.5 Å². The highest BCUT2D eigenvalue weighted by Crippen LogP contribution is 2.17. The first-order chi connectivity index (χ1) is 8.19. The Morgan fingerprint density at radius 3 is 2.82 bits per heavy atom. The van der Waals surface area contributed by atoms with Gasteiger partial charge in [-0.05, 0) is 42.4 Å². The second kappa shape index (κ2) is 5.49. The predicted molar refractivity (Wildman–Crippen MR) is 70.8 cm³/mol. The number of rotatable bonds is 5. The van der Waals surface area contributed by atoms with Gasteiger partial charge in [0, 0.05) is 18.7 Å². The lowest BCUT2D eigenvalue weighted by Gasteiger charge is -2.15. The zero-order valence-electron chi connectivity index (χ0n) is 10.3. The van der Waals surface area contributed by atoms with Crippen LogP contribution in [0, 0.1) is 6.92 Å². The fourth-order valence-corrected chi connectivity index (χ4v) is 2.55. The van der Waals surface area contributed by atoms with Crippen LogP contribution in [0.3, 0.4) is 0 Å². The summed E-state index contributed by atoms with van der Waals surface area (Å²) in [6.07, 6.45) is 0. The summed E-state index contributed by atoms with van der Waals surface area (Å²) in [6, 6.07) is 4.22. The van der Waals surface area contributed by atoms with Crippen LogP contribution in [-0.4, -0.2) is 11.9 Å². The molecular formula is C13H18N2OS. The van der Waals surface area contributed by atoms with Gasteiger partial charge in [-0.3, -0.25) is 4.90 Å². The molecule has 0 saturated carbocycles. The summed E-state index contributed by atoms with van der Waals surface area (Å²) in [5.41, 5.74) is 8.15. The Balaban J connectivity index is 1.97. The number of hydrogen-bond donors (Lipinski definition) is 1. The average molecular weight is 250 g/mol. The van der Waals surface area contributed by atoms with E-state index >= 15 is 0 Å². The lowest BCUT2D eigenvalue weighted by Crippen LogP contribution is -2.16. The molecule has 0 saturated heterocycles. The van der Waals surface area contributed by atoms with Crippen LogP contribution in [0.5, 0.6) is 0 Å². The number of nitrogens with two attached hydrogens (primary N) is 1. The minimum absolute atomic E-state index is 0.467. The highest BCUT2D eigenvalue weighted by Gasteiger charge is 2.09. The Bertz CT molecular complexity index is 462. The van der Waals surface area contributed by atoms with Crippen LogP contribution < -0.4 is 5.73 Å². The largest absolute Gasteiger partial charge is 0.465 e. The molecule has 0 aromatic carbocycles. The van der Waals surface area contributed by atoms with E-state index in [0.29, 0.717) is 6.54 Å². The minimum Gasteiger partial charge on any atom is -0.465 e. The van der Waals surface area contributed by atoms with E-state index in [9.17, 15) is 0 Å². The summed E-state index contributed by atoms with van der Waals surface area (Å²) >= 11 is 1.74. The molecule has 2 rings (SSSR count). The molecule has 2 aromatic heterocycles. The Morgan fingerprint density at radius 1 is 1.41 bits per heavy atom. The maximum Gasteiger partial charge on any atom is 0.118 e. The van der Waals surface area contributed by atoms with Gasteiger partial charge in [-0.15, -0.1) is 0 Å². The molecular weight excluding hydrogens is 232 g/mol. The summed E-state index contributed by atoms with van der Waals surface area (Å²) in [7, 11) is 2.12. The quantitative estimate of drug-likeness (QED) is 0.887. The predicted octanol–water partition coefficient (Wildman–Crippen LogP) is 2.74. The van der Waals surface area contributed by atoms with Crippen molar-refractivity contribution in [1.82, 2.24) is 4.90 Å². The van der Waals surface area contributed by atoms with Gasteiger partial charge in [0.15, 0.2) is 0 Å². The van der Waals surface area contributed by atoms with E-state index in [0.717, 1.165) is 24.6 Å². The Kier molecular flexibility index (Phi) is 3.99. The van der Waals surface area contributed by atoms with Crippen molar-refractivity contribution in [2.24, 2.45) is 5.73 Å². The summed E-state index contributed by atoms with van der Waals surface area (Å²) in [6.45, 7) is 4.32. The van der Waals surface area contributed by atoms with Gasteiger partial charge >= 0.3 is 0 Å². The topological polar surface area (TPSA) is 42.4 Å². The van der Waals surface area contributed by atoms with Gasteiger partial charge in [-0.25, -0.2) is 0 Å². The minimum atomic E-state index is 0.467. The van der Waals surface area contributed by atoms with Crippen LogP contribution in [-0.2, 0) is 19.6 Å². The van der Waals surface area contributed by atoms with E-state index < -0.39 is 0 Å². The first kappa shape index (κ1) is 12.4. The van der Waals surface area contributed by atoms with Crippen LogP contribution in [0.25, 0.3) is 0 Å². The second-order valence-electron chi connectivity index (χ2n) is 4.30. The third-order valence-corrected chi connectivity index (χ3v) is 3.48. The zero-order valence-corrected chi connectivity index (χ0v) is 11.1. The Labute approximate surface area is 106 Å². The smallest absolute Gasteiger partial charge is 0.118 e. The van der Waals surface area contributed by atoms with Crippen LogP contribution >= 0.6 is 11.3 Å². The highest BCUT2D eigenvalue weighted by molar-refractivity contribution is 7.07. The molecule has 0 spiro atoms. The van der Waals surface area contributed by atoms with Crippen LogP contribution in [0.1, 0.15) is 22.6 Å². The molecule has 0 aliphatic heterocycles. The number of nitrogens with zero attached hydrogens (tertiary/aromatic N) is 1. The molecule has 0 unspecified atom stereocenters. The summed E-state index contributed by atoms with van der Waals surface area (Å²) < 4.78 is 5.55. The molecule has 0 atom stereocenters. The summed E-state index contributed by atoms with van der Waals surface area (Å²) in [5.74, 6) is 1.84. The van der Waals surface area contributed by atoms with Crippen molar-refractivity contribution in [3.8, 4) is 0 Å². The van der Waals surface area contributed by atoms with Gasteiger partial charge in [-0.1, -0.05) is 0 Å². The molecule has 0 amide bonds. The van der Waals surface area contributed by atoms with Crippen molar-refractivity contribution in [2.45, 2.75) is 26.6 Å². The van der Waals surface area contributed by atoms with Crippen molar-refractivity contribution in [2.75, 3.05) is 7.05 Å². The van der Waals surface area contributed by atoms with Gasteiger partial charge in [0.25, 0.3) is 0 Å². The average Bonchev–Trinajstić information content (AvgIpc) is 2.89. The fourth-order valence-electron chi connectivity index (χ4n) is 1.89. The molecule has 0 bridgehead atoms. The molecule has 4 heteroatoms. The monoisotopic (exact) mass is 250 g/mol. The molecule has 3 nitrogen and oxygen atoms in total. The molecule has 0 fully saturated rings. The number of aryl methyl sites for hydroxylation is 1. The van der Waals surface area contributed by atoms with Gasteiger partial charge in [0.2, 0.25) is 0 Å². The summed E-state index contributed by atoms with van der Waals surface area (Å²) in [4.78, 5) is 2.28. The lowest BCUT2D eigenvalue weighted by atomic mass is 10.2. The second-order valence-corrected chi connectivity index (χ2v) is 5.08. The lowest BCUT2D eigenvalue weighted by molar-refractivity contribution is 0.316. The molecule has 92 valence electrons. The summed E-state index contributed by atoms with van der Waals surface area (Å²) in [5, 5.41) is 4.29. The van der Waals surface area contributed by atoms with Crippen LogP contribution in [0.15, 0.2) is 27.3 Å². The SMILES string of the molecule is Cc1oc(CN)cc1CN(C)Cc1ccsc1. The molecule has 0 radical (unpaired) electrons. The van der Waals surface area contributed by atoms with Crippen LogP contribution in [0.2, 0.25) is 0 Å². The molecule has 0 aliphatic carbocycles. The van der Waals surface area contributed by atoms with Crippen LogP contribution in [0.4, 0.5) is 0 Å². The van der Waals surface area contributed by atoms with E-state index in [1.807, 2.05) is 6.92 Å². The Hall–Kier alpha value is -1.10. The highest BCUT2D eigenvalue weighted by atomic mass is 32.1.